The Morgan fingerprint density at radius 2 is 2.23 bits per heavy atom. The molecule has 4 atom stereocenters. The Balaban J connectivity index is 2.25. The topological polar surface area (TPSA) is 107 Å². The number of H-pyrrole nitrogens is 1. The van der Waals surface area contributed by atoms with Gasteiger partial charge in [-0.15, -0.1) is 0 Å². The predicted octanol–water partition coefficient (Wildman–Crippen LogP) is 0.859. The lowest BCUT2D eigenvalue weighted by Gasteiger charge is -2.30. The molecule has 1 fully saturated rings. The molecule has 1 aliphatic heterocycles. The number of carbonyl (C=O) groups excluding carboxylic acids is 1. The fourth-order valence-electron chi connectivity index (χ4n) is 3.24. The molecule has 1 aromatic heterocycles. The molecule has 122 valence electrons. The van der Waals surface area contributed by atoms with Crippen LogP contribution in [0.2, 0.25) is 0 Å². The van der Waals surface area contributed by atoms with E-state index in [9.17, 15) is 14.7 Å². The van der Waals surface area contributed by atoms with Gasteiger partial charge in [0.1, 0.15) is 6.04 Å². The van der Waals surface area contributed by atoms with Crippen LogP contribution in [-0.2, 0) is 9.59 Å². The van der Waals surface area contributed by atoms with Crippen LogP contribution < -0.4 is 10.6 Å². The van der Waals surface area contributed by atoms with Crippen LogP contribution in [0.25, 0.3) is 0 Å². The van der Waals surface area contributed by atoms with E-state index in [-0.39, 0.29) is 23.9 Å². The van der Waals surface area contributed by atoms with Gasteiger partial charge in [0, 0.05) is 36.8 Å². The highest BCUT2D eigenvalue weighted by Crippen LogP contribution is 2.33. The van der Waals surface area contributed by atoms with E-state index in [1.807, 2.05) is 6.07 Å². The number of aliphatic carboxylic acids is 1. The van der Waals surface area contributed by atoms with E-state index >= 15 is 0 Å². The molecule has 0 aliphatic carbocycles. The summed E-state index contributed by atoms with van der Waals surface area (Å²) in [5.41, 5.74) is 0.903. The number of amides is 1. The Kier molecular flexibility index (Phi) is 5.18. The van der Waals surface area contributed by atoms with Gasteiger partial charge in [0.25, 0.3) is 0 Å². The third kappa shape index (κ3) is 3.85. The van der Waals surface area contributed by atoms with E-state index in [4.69, 9.17) is 0 Å². The summed E-state index contributed by atoms with van der Waals surface area (Å²) in [6, 6.07) is 1.01. The second-order valence-corrected chi connectivity index (χ2v) is 6.37. The first kappa shape index (κ1) is 16.5. The molecule has 0 bridgehead atoms. The van der Waals surface area contributed by atoms with Gasteiger partial charge in [0.15, 0.2) is 0 Å². The molecule has 3 unspecified atom stereocenters. The van der Waals surface area contributed by atoms with Crippen molar-refractivity contribution in [3.05, 3.63) is 18.0 Å². The van der Waals surface area contributed by atoms with Crippen molar-refractivity contribution in [1.82, 2.24) is 20.8 Å². The molecule has 1 aliphatic rings. The van der Waals surface area contributed by atoms with Crippen molar-refractivity contribution >= 4 is 11.9 Å². The third-order valence-corrected chi connectivity index (χ3v) is 4.08. The van der Waals surface area contributed by atoms with Crippen LogP contribution in [0.15, 0.2) is 12.3 Å². The molecule has 4 N–H and O–H groups in total. The van der Waals surface area contributed by atoms with Crippen LogP contribution in [0.4, 0.5) is 0 Å². The largest absolute Gasteiger partial charge is 0.480 e. The number of carbonyl (C=O) groups is 2. The summed E-state index contributed by atoms with van der Waals surface area (Å²) in [6.45, 7) is 5.66. The monoisotopic (exact) mass is 308 g/mol. The van der Waals surface area contributed by atoms with Crippen LogP contribution in [0.5, 0.6) is 0 Å². The molecule has 2 heterocycles. The fraction of sp³-hybridized carbons (Fsp3) is 0.667. The molecule has 0 saturated carbocycles. The zero-order valence-corrected chi connectivity index (χ0v) is 13.2. The zero-order valence-electron chi connectivity index (χ0n) is 13.2. The number of rotatable bonds is 6. The Bertz CT molecular complexity index is 515. The van der Waals surface area contributed by atoms with E-state index in [1.165, 1.54) is 6.92 Å². The minimum absolute atomic E-state index is 0.0146. The number of carboxylic acid groups (broad SMARTS) is 1. The highest BCUT2D eigenvalue weighted by molar-refractivity contribution is 5.75. The van der Waals surface area contributed by atoms with E-state index in [0.717, 1.165) is 12.1 Å². The average Bonchev–Trinajstić information content (AvgIpc) is 3.06. The van der Waals surface area contributed by atoms with Crippen LogP contribution in [0, 0.1) is 5.92 Å². The molecule has 0 radical (unpaired) electrons. The lowest BCUT2D eigenvalue weighted by atomic mass is 9.87. The third-order valence-electron chi connectivity index (χ3n) is 4.08. The molecule has 22 heavy (non-hydrogen) atoms. The first-order valence-corrected chi connectivity index (χ1v) is 7.63. The highest BCUT2D eigenvalue weighted by Gasteiger charge is 2.42. The van der Waals surface area contributed by atoms with Crippen LogP contribution in [-0.4, -0.2) is 45.3 Å². The molecule has 2 rings (SSSR count). The number of aromatic nitrogens is 2. The second kappa shape index (κ2) is 6.91. The molecule has 0 aromatic carbocycles. The van der Waals surface area contributed by atoms with Crippen LogP contribution in [0.3, 0.4) is 0 Å². The van der Waals surface area contributed by atoms with Gasteiger partial charge >= 0.3 is 5.97 Å². The Hall–Kier alpha value is -1.89. The lowest BCUT2D eigenvalue weighted by molar-refractivity contribution is -0.139. The van der Waals surface area contributed by atoms with E-state index in [2.05, 4.69) is 34.7 Å². The van der Waals surface area contributed by atoms with Crippen LogP contribution >= 0.6 is 0 Å². The summed E-state index contributed by atoms with van der Waals surface area (Å²) in [5, 5.41) is 22.4. The highest BCUT2D eigenvalue weighted by atomic mass is 16.4. The SMILES string of the molecule is CC(=O)NC(CC(C)C)C1N[C@H](C(=O)O)CC1c1ccn[nH]1. The number of nitrogens with one attached hydrogen (secondary N) is 3. The maximum atomic E-state index is 11.5. The van der Waals surface area contributed by atoms with Crippen molar-refractivity contribution < 1.29 is 14.7 Å². The summed E-state index contributed by atoms with van der Waals surface area (Å²) in [6.07, 6.45) is 2.93. The Morgan fingerprint density at radius 3 is 2.73 bits per heavy atom. The van der Waals surface area contributed by atoms with E-state index < -0.39 is 12.0 Å². The maximum Gasteiger partial charge on any atom is 0.320 e. The van der Waals surface area contributed by atoms with Crippen molar-refractivity contribution in [3.63, 3.8) is 0 Å². The number of aromatic amines is 1. The van der Waals surface area contributed by atoms with Gasteiger partial charge in [-0.2, -0.15) is 5.10 Å². The Labute approximate surface area is 129 Å². The molecule has 1 amide bonds. The summed E-state index contributed by atoms with van der Waals surface area (Å²) in [7, 11) is 0. The van der Waals surface area contributed by atoms with Crippen molar-refractivity contribution in [3.8, 4) is 0 Å². The zero-order chi connectivity index (χ0) is 16.3. The van der Waals surface area contributed by atoms with Gasteiger partial charge in [-0.05, 0) is 24.8 Å². The molecule has 0 spiro atoms. The van der Waals surface area contributed by atoms with Crippen LogP contribution in [0.1, 0.15) is 45.2 Å². The molecular formula is C15H24N4O3. The molecular weight excluding hydrogens is 284 g/mol. The minimum atomic E-state index is -0.863. The van der Waals surface area contributed by atoms with Crippen molar-refractivity contribution in [1.29, 1.82) is 0 Å². The summed E-state index contributed by atoms with van der Waals surface area (Å²) >= 11 is 0. The maximum absolute atomic E-state index is 11.5. The normalized spacial score (nSPS) is 26.1. The number of nitrogens with zero attached hydrogens (tertiary/aromatic N) is 1. The van der Waals surface area contributed by atoms with Gasteiger partial charge in [-0.1, -0.05) is 13.8 Å². The van der Waals surface area contributed by atoms with Gasteiger partial charge in [-0.3, -0.25) is 20.0 Å². The summed E-state index contributed by atoms with van der Waals surface area (Å²) in [5.74, 6) is -0.586. The van der Waals surface area contributed by atoms with Crippen molar-refractivity contribution in [2.45, 2.75) is 57.7 Å². The number of hydrogen-bond donors (Lipinski definition) is 4. The first-order valence-electron chi connectivity index (χ1n) is 7.63. The van der Waals surface area contributed by atoms with E-state index in [1.54, 1.807) is 6.20 Å². The first-order chi connectivity index (χ1) is 10.4. The molecule has 1 aromatic rings. The smallest absolute Gasteiger partial charge is 0.320 e. The number of carboxylic acids is 1. The van der Waals surface area contributed by atoms with Gasteiger partial charge < -0.3 is 10.4 Å². The molecule has 7 heteroatoms. The average molecular weight is 308 g/mol. The van der Waals surface area contributed by atoms with E-state index in [0.29, 0.717) is 12.3 Å². The quantitative estimate of drug-likeness (QED) is 0.623. The fourth-order valence-corrected chi connectivity index (χ4v) is 3.24. The van der Waals surface area contributed by atoms with Gasteiger partial charge in [-0.25, -0.2) is 0 Å². The van der Waals surface area contributed by atoms with Crippen molar-refractivity contribution in [2.75, 3.05) is 0 Å². The summed E-state index contributed by atoms with van der Waals surface area (Å²) < 4.78 is 0. The van der Waals surface area contributed by atoms with Gasteiger partial charge in [0.2, 0.25) is 5.91 Å². The minimum Gasteiger partial charge on any atom is -0.480 e. The molecule has 7 nitrogen and oxygen atoms in total. The van der Waals surface area contributed by atoms with Gasteiger partial charge in [0.05, 0.1) is 0 Å². The van der Waals surface area contributed by atoms with Crippen molar-refractivity contribution in [2.24, 2.45) is 5.92 Å². The lowest BCUT2D eigenvalue weighted by Crippen LogP contribution is -2.51. The molecule has 1 saturated heterocycles. The Morgan fingerprint density at radius 1 is 1.50 bits per heavy atom. The summed E-state index contributed by atoms with van der Waals surface area (Å²) in [4.78, 5) is 22.9. The predicted molar refractivity (Wildman–Crippen MR) is 81.4 cm³/mol. The second-order valence-electron chi connectivity index (χ2n) is 6.37. The number of hydrogen-bond acceptors (Lipinski definition) is 4. The standard InChI is InChI=1S/C15H24N4O3/c1-8(2)6-12(17-9(3)20)14-10(11-4-5-16-19-11)7-13(18-14)15(21)22/h4-5,8,10,12-14,18H,6-7H2,1-3H3,(H,16,19)(H,17,20)(H,21,22)/t10?,12?,13-,14?/m0/s1.